The van der Waals surface area contributed by atoms with Crippen LogP contribution in [0.3, 0.4) is 0 Å². The number of aromatic hydroxyl groups is 1. The van der Waals surface area contributed by atoms with Gasteiger partial charge in [-0.25, -0.2) is 14.8 Å². The molecule has 0 fully saturated rings. The summed E-state index contributed by atoms with van der Waals surface area (Å²) in [6.07, 6.45) is 3.36. The second-order valence-corrected chi connectivity index (χ2v) is 6.43. The maximum Gasteiger partial charge on any atom is 0.349 e. The smallest absolute Gasteiger partial charge is 0.349 e. The SMILES string of the molecule is Cc1cc(O)c(-c2c(-c3ccc(Br)cc3)nc3ncccn23)c(=O)o1. The number of fused-ring (bicyclic) bond motifs is 1. The van der Waals surface area contributed by atoms with E-state index < -0.39 is 5.63 Å². The maximum atomic E-state index is 12.4. The minimum atomic E-state index is -0.624. The molecule has 0 radical (unpaired) electrons. The Kier molecular flexibility index (Phi) is 3.65. The van der Waals surface area contributed by atoms with Crippen LogP contribution in [0.15, 0.2) is 62.5 Å². The van der Waals surface area contributed by atoms with E-state index in [4.69, 9.17) is 4.42 Å². The van der Waals surface area contributed by atoms with Crippen molar-refractivity contribution in [2.75, 3.05) is 0 Å². The number of aryl methyl sites for hydroxylation is 1. The topological polar surface area (TPSA) is 80.6 Å². The Hall–Kier alpha value is -2.93. The van der Waals surface area contributed by atoms with E-state index in [0.29, 0.717) is 22.9 Å². The van der Waals surface area contributed by atoms with Crippen LogP contribution in [0.5, 0.6) is 5.75 Å². The zero-order valence-corrected chi connectivity index (χ0v) is 14.7. The highest BCUT2D eigenvalue weighted by molar-refractivity contribution is 9.10. The fourth-order valence-electron chi connectivity index (χ4n) is 2.75. The van der Waals surface area contributed by atoms with E-state index in [1.54, 1.807) is 29.8 Å². The largest absolute Gasteiger partial charge is 0.507 e. The number of imidazole rings is 1. The van der Waals surface area contributed by atoms with Crippen molar-refractivity contribution in [3.05, 3.63) is 69.4 Å². The van der Waals surface area contributed by atoms with Crippen molar-refractivity contribution in [3.8, 4) is 28.3 Å². The first kappa shape index (κ1) is 15.6. The third kappa shape index (κ3) is 2.62. The van der Waals surface area contributed by atoms with Gasteiger partial charge in [-0.1, -0.05) is 28.1 Å². The fraction of sp³-hybridized carbons (Fsp3) is 0.0556. The van der Waals surface area contributed by atoms with Gasteiger partial charge < -0.3 is 9.52 Å². The molecule has 3 heterocycles. The van der Waals surface area contributed by atoms with Crippen LogP contribution >= 0.6 is 15.9 Å². The Balaban J connectivity index is 2.11. The number of nitrogens with zero attached hydrogens (tertiary/aromatic N) is 3. The molecule has 0 amide bonds. The average molecular weight is 398 g/mol. The summed E-state index contributed by atoms with van der Waals surface area (Å²) in [6, 6.07) is 10.7. The van der Waals surface area contributed by atoms with Gasteiger partial charge >= 0.3 is 5.63 Å². The van der Waals surface area contributed by atoms with Gasteiger partial charge in [0.05, 0.1) is 11.4 Å². The lowest BCUT2D eigenvalue weighted by Gasteiger charge is -2.07. The van der Waals surface area contributed by atoms with Crippen molar-refractivity contribution >= 4 is 21.7 Å². The summed E-state index contributed by atoms with van der Waals surface area (Å²) >= 11 is 3.40. The first-order chi connectivity index (χ1) is 12.0. The third-order valence-electron chi connectivity index (χ3n) is 3.81. The van der Waals surface area contributed by atoms with Gasteiger partial charge in [-0.15, -0.1) is 0 Å². The van der Waals surface area contributed by atoms with Crippen molar-refractivity contribution in [2.24, 2.45) is 0 Å². The number of benzene rings is 1. The molecule has 0 aliphatic carbocycles. The predicted molar refractivity (Wildman–Crippen MR) is 96.5 cm³/mol. The Morgan fingerprint density at radius 2 is 2.00 bits per heavy atom. The minimum absolute atomic E-state index is 0.0593. The van der Waals surface area contributed by atoms with Crippen molar-refractivity contribution < 1.29 is 9.52 Å². The Morgan fingerprint density at radius 1 is 1.24 bits per heavy atom. The van der Waals surface area contributed by atoms with Gasteiger partial charge in [-0.2, -0.15) is 0 Å². The standard InChI is InChI=1S/C18H12BrN3O3/c1-10-9-13(23)14(17(24)25-10)16-15(11-3-5-12(19)6-4-11)21-18-20-7-2-8-22(16)18/h2-9,23H,1H3. The van der Waals surface area contributed by atoms with Crippen molar-refractivity contribution in [3.63, 3.8) is 0 Å². The van der Waals surface area contributed by atoms with E-state index in [2.05, 4.69) is 25.9 Å². The molecule has 0 unspecified atom stereocenters. The monoisotopic (exact) mass is 397 g/mol. The second kappa shape index (κ2) is 5.86. The predicted octanol–water partition coefficient (Wildman–Crippen LogP) is 3.79. The molecule has 0 saturated heterocycles. The normalized spacial score (nSPS) is 11.1. The molecular weight excluding hydrogens is 386 g/mol. The van der Waals surface area contributed by atoms with Gasteiger partial charge in [0.15, 0.2) is 0 Å². The molecule has 0 aliphatic rings. The van der Waals surface area contributed by atoms with Crippen LogP contribution in [-0.2, 0) is 0 Å². The van der Waals surface area contributed by atoms with Crippen LogP contribution in [0.25, 0.3) is 28.3 Å². The van der Waals surface area contributed by atoms with Gasteiger partial charge in [-0.3, -0.25) is 4.40 Å². The summed E-state index contributed by atoms with van der Waals surface area (Å²) < 4.78 is 7.78. The molecule has 0 saturated carbocycles. The third-order valence-corrected chi connectivity index (χ3v) is 4.34. The van der Waals surface area contributed by atoms with Crippen LogP contribution in [0.2, 0.25) is 0 Å². The highest BCUT2D eigenvalue weighted by atomic mass is 79.9. The van der Waals surface area contributed by atoms with Gasteiger partial charge in [-0.05, 0) is 25.1 Å². The first-order valence-electron chi connectivity index (χ1n) is 7.47. The quantitative estimate of drug-likeness (QED) is 0.556. The molecule has 1 aromatic carbocycles. The Bertz CT molecular complexity index is 1150. The molecule has 0 bridgehead atoms. The van der Waals surface area contributed by atoms with Gasteiger partial charge in [0.25, 0.3) is 0 Å². The van der Waals surface area contributed by atoms with Gasteiger partial charge in [0.2, 0.25) is 5.78 Å². The average Bonchev–Trinajstić information content (AvgIpc) is 2.94. The molecule has 4 rings (SSSR count). The minimum Gasteiger partial charge on any atom is -0.507 e. The molecule has 4 aromatic rings. The molecule has 7 heteroatoms. The number of hydrogen-bond donors (Lipinski definition) is 1. The molecule has 0 aliphatic heterocycles. The van der Waals surface area contributed by atoms with Crippen LogP contribution in [-0.4, -0.2) is 19.5 Å². The van der Waals surface area contributed by atoms with E-state index in [1.165, 1.54) is 6.07 Å². The molecule has 6 nitrogen and oxygen atoms in total. The lowest BCUT2D eigenvalue weighted by atomic mass is 10.1. The molecule has 25 heavy (non-hydrogen) atoms. The van der Waals surface area contributed by atoms with Crippen LogP contribution in [0.4, 0.5) is 0 Å². The van der Waals surface area contributed by atoms with Gasteiger partial charge in [0, 0.05) is 28.5 Å². The second-order valence-electron chi connectivity index (χ2n) is 5.51. The summed E-state index contributed by atoms with van der Waals surface area (Å²) in [7, 11) is 0. The number of rotatable bonds is 2. The van der Waals surface area contributed by atoms with Crippen LogP contribution in [0, 0.1) is 6.92 Å². The summed E-state index contributed by atoms with van der Waals surface area (Å²) in [5, 5.41) is 10.4. The zero-order chi connectivity index (χ0) is 17.6. The molecule has 0 spiro atoms. The van der Waals surface area contributed by atoms with E-state index in [1.807, 2.05) is 24.3 Å². The number of hydrogen-bond acceptors (Lipinski definition) is 5. The number of aromatic nitrogens is 3. The Morgan fingerprint density at radius 3 is 2.72 bits per heavy atom. The van der Waals surface area contributed by atoms with Crippen LogP contribution < -0.4 is 5.63 Å². The summed E-state index contributed by atoms with van der Waals surface area (Å²) in [5.41, 5.74) is 1.21. The highest BCUT2D eigenvalue weighted by Crippen LogP contribution is 2.35. The fourth-order valence-corrected chi connectivity index (χ4v) is 3.01. The molecule has 3 aromatic heterocycles. The van der Waals surface area contributed by atoms with Gasteiger partial charge in [0.1, 0.15) is 17.1 Å². The van der Waals surface area contributed by atoms with Crippen LogP contribution in [0.1, 0.15) is 5.76 Å². The molecule has 1 N–H and O–H groups in total. The lowest BCUT2D eigenvalue weighted by Crippen LogP contribution is -2.06. The number of halogens is 1. The van der Waals surface area contributed by atoms with E-state index in [0.717, 1.165) is 10.0 Å². The first-order valence-corrected chi connectivity index (χ1v) is 8.27. The van der Waals surface area contributed by atoms with E-state index >= 15 is 0 Å². The van der Waals surface area contributed by atoms with Crippen molar-refractivity contribution in [1.29, 1.82) is 0 Å². The highest BCUT2D eigenvalue weighted by Gasteiger charge is 2.23. The summed E-state index contributed by atoms with van der Waals surface area (Å²) in [5.74, 6) is 0.607. The lowest BCUT2D eigenvalue weighted by molar-refractivity contribution is 0.438. The maximum absolute atomic E-state index is 12.4. The molecular formula is C18H12BrN3O3. The molecule has 124 valence electrons. The van der Waals surface area contributed by atoms with Crippen molar-refractivity contribution in [1.82, 2.24) is 14.4 Å². The molecule has 0 atom stereocenters. The Labute approximate surface area is 150 Å². The van der Waals surface area contributed by atoms with E-state index in [9.17, 15) is 9.90 Å². The summed E-state index contributed by atoms with van der Waals surface area (Å²) in [4.78, 5) is 21.2. The summed E-state index contributed by atoms with van der Waals surface area (Å²) in [6.45, 7) is 1.61. The zero-order valence-electron chi connectivity index (χ0n) is 13.1. The van der Waals surface area contributed by atoms with E-state index in [-0.39, 0.29) is 11.3 Å². The van der Waals surface area contributed by atoms with Crippen molar-refractivity contribution in [2.45, 2.75) is 6.92 Å².